The maximum atomic E-state index is 12.6. The molecular formula is C18H19N3O2. The minimum absolute atomic E-state index is 0.0759. The monoisotopic (exact) mass is 309 g/mol. The van der Waals surface area contributed by atoms with E-state index < -0.39 is 6.10 Å². The number of ether oxygens (including phenoxy) is 1. The number of benzene rings is 1. The first kappa shape index (κ1) is 16.5. The molecule has 0 aliphatic heterocycles. The predicted molar refractivity (Wildman–Crippen MR) is 87.0 cm³/mol. The quantitative estimate of drug-likeness (QED) is 0.872. The van der Waals surface area contributed by atoms with Crippen LogP contribution in [0.4, 0.5) is 0 Å². The summed E-state index contributed by atoms with van der Waals surface area (Å²) in [5.41, 5.74) is 0.980. The minimum atomic E-state index is -0.738. The van der Waals surface area contributed by atoms with Gasteiger partial charge in [-0.3, -0.25) is 14.4 Å². The van der Waals surface area contributed by atoms with Crippen LogP contribution in [0.3, 0.4) is 0 Å². The van der Waals surface area contributed by atoms with Crippen LogP contribution in [0, 0.1) is 11.3 Å². The van der Waals surface area contributed by atoms with Crippen molar-refractivity contribution in [1.82, 2.24) is 4.57 Å². The van der Waals surface area contributed by atoms with E-state index in [0.29, 0.717) is 16.8 Å². The van der Waals surface area contributed by atoms with E-state index in [1.54, 1.807) is 49.5 Å². The first-order chi connectivity index (χ1) is 11.0. The number of aromatic nitrogens is 1. The number of carbonyl (C=O) groups is 1. The topological polar surface area (TPSA) is 67.4 Å². The molecule has 0 aliphatic rings. The maximum absolute atomic E-state index is 12.6. The Morgan fingerprint density at radius 3 is 2.57 bits per heavy atom. The summed E-state index contributed by atoms with van der Waals surface area (Å²) in [5, 5.41) is 9.10. The van der Waals surface area contributed by atoms with E-state index in [1.165, 1.54) is 4.57 Å². The molecule has 0 aliphatic carbocycles. The first-order valence-corrected chi connectivity index (χ1v) is 7.44. The lowest BCUT2D eigenvalue weighted by Crippen LogP contribution is -2.36. The van der Waals surface area contributed by atoms with Gasteiger partial charge in [0.25, 0.3) is 5.91 Å². The smallest absolute Gasteiger partial charge is 0.272 e. The van der Waals surface area contributed by atoms with Crippen molar-refractivity contribution in [2.45, 2.75) is 32.9 Å². The summed E-state index contributed by atoms with van der Waals surface area (Å²) in [6.45, 7) is 5.56. The molecule has 0 radical (unpaired) electrons. The van der Waals surface area contributed by atoms with Crippen molar-refractivity contribution in [3.63, 3.8) is 0 Å². The van der Waals surface area contributed by atoms with E-state index in [0.717, 1.165) is 0 Å². The maximum Gasteiger partial charge on any atom is 0.272 e. The molecule has 1 aromatic carbocycles. The molecule has 0 spiro atoms. The Morgan fingerprint density at radius 1 is 1.17 bits per heavy atom. The lowest BCUT2D eigenvalue weighted by molar-refractivity contribution is 0.0721. The second kappa shape index (κ2) is 7.41. The molecule has 2 rings (SSSR count). The third-order valence-corrected chi connectivity index (χ3v) is 3.13. The highest BCUT2D eigenvalue weighted by Gasteiger charge is 2.18. The summed E-state index contributed by atoms with van der Waals surface area (Å²) in [4.78, 5) is 17.1. The summed E-state index contributed by atoms with van der Waals surface area (Å²) < 4.78 is 7.15. The molecule has 0 N–H and O–H groups in total. The van der Waals surface area contributed by atoms with E-state index in [2.05, 4.69) is 11.1 Å². The zero-order chi connectivity index (χ0) is 16.8. The Bertz CT molecular complexity index is 800. The van der Waals surface area contributed by atoms with Crippen LogP contribution in [-0.2, 0) is 0 Å². The Morgan fingerprint density at radius 2 is 1.87 bits per heavy atom. The van der Waals surface area contributed by atoms with E-state index in [-0.39, 0.29) is 11.9 Å². The zero-order valence-corrected chi connectivity index (χ0v) is 13.4. The second-order valence-electron chi connectivity index (χ2n) is 5.36. The fraction of sp³-hybridized carbons (Fsp3) is 0.278. The molecule has 0 saturated heterocycles. The van der Waals surface area contributed by atoms with Crippen LogP contribution < -0.4 is 10.2 Å². The lowest BCUT2D eigenvalue weighted by atomic mass is 10.2. The van der Waals surface area contributed by atoms with Gasteiger partial charge >= 0.3 is 0 Å². The van der Waals surface area contributed by atoms with Gasteiger partial charge in [0.1, 0.15) is 17.3 Å². The lowest BCUT2D eigenvalue weighted by Gasteiger charge is -2.16. The fourth-order valence-electron chi connectivity index (χ4n) is 2.09. The average Bonchev–Trinajstić information content (AvgIpc) is 2.54. The molecule has 5 heteroatoms. The fourth-order valence-corrected chi connectivity index (χ4v) is 2.09. The van der Waals surface area contributed by atoms with Crippen LogP contribution in [0.5, 0.6) is 5.75 Å². The summed E-state index contributed by atoms with van der Waals surface area (Å²) in [6.07, 6.45) is 0.928. The molecule has 118 valence electrons. The molecule has 2 aromatic rings. The van der Waals surface area contributed by atoms with E-state index >= 15 is 0 Å². The highest BCUT2D eigenvalue weighted by atomic mass is 16.5. The molecule has 1 heterocycles. The van der Waals surface area contributed by atoms with Crippen molar-refractivity contribution in [2.75, 3.05) is 0 Å². The van der Waals surface area contributed by atoms with Crippen molar-refractivity contribution in [3.8, 4) is 11.8 Å². The minimum Gasteiger partial charge on any atom is -0.479 e. The Labute approximate surface area is 135 Å². The number of nitriles is 1. The highest BCUT2D eigenvalue weighted by Crippen LogP contribution is 2.18. The van der Waals surface area contributed by atoms with Crippen molar-refractivity contribution in [2.24, 2.45) is 4.99 Å². The third-order valence-electron chi connectivity index (χ3n) is 3.13. The van der Waals surface area contributed by atoms with Crippen LogP contribution >= 0.6 is 0 Å². The molecular weight excluding hydrogens is 290 g/mol. The number of hydrogen-bond acceptors (Lipinski definition) is 4. The number of carbonyl (C=O) groups excluding carboxylic acids is 1. The van der Waals surface area contributed by atoms with Gasteiger partial charge in [0.15, 0.2) is 6.10 Å². The van der Waals surface area contributed by atoms with E-state index in [4.69, 9.17) is 10.00 Å². The number of rotatable bonds is 4. The van der Waals surface area contributed by atoms with Crippen LogP contribution in [0.1, 0.15) is 31.1 Å². The van der Waals surface area contributed by atoms with Gasteiger partial charge in [0.2, 0.25) is 0 Å². The van der Waals surface area contributed by atoms with Crippen LogP contribution in [-0.4, -0.2) is 22.6 Å². The van der Waals surface area contributed by atoms with Crippen molar-refractivity contribution in [1.29, 1.82) is 5.26 Å². The summed E-state index contributed by atoms with van der Waals surface area (Å²) in [5.74, 6) is 0.160. The number of para-hydroxylation sites is 1. The molecule has 5 nitrogen and oxygen atoms in total. The van der Waals surface area contributed by atoms with Crippen molar-refractivity contribution < 1.29 is 9.53 Å². The van der Waals surface area contributed by atoms with Gasteiger partial charge in [0, 0.05) is 12.2 Å². The molecule has 0 saturated carbocycles. The summed E-state index contributed by atoms with van der Waals surface area (Å²) in [7, 11) is 0. The Hall–Kier alpha value is -2.87. The van der Waals surface area contributed by atoms with Gasteiger partial charge in [-0.2, -0.15) is 5.26 Å². The van der Waals surface area contributed by atoms with Crippen molar-refractivity contribution >= 4 is 5.91 Å². The largest absolute Gasteiger partial charge is 0.479 e. The predicted octanol–water partition coefficient (Wildman–Crippen LogP) is 2.78. The molecule has 0 bridgehead atoms. The Balaban J connectivity index is 2.30. The van der Waals surface area contributed by atoms with Crippen LogP contribution in [0.15, 0.2) is 53.7 Å². The standard InChI is InChI=1S/C18H19N3O2/c1-13(2)20-17-10-6-7-11-21(17)18(22)14(3)23-16-9-5-4-8-15(16)12-19/h4-11,13-14H,1-3H3/t14-/m0/s1. The van der Waals surface area contributed by atoms with Gasteiger partial charge in [-0.05, 0) is 45.0 Å². The molecule has 0 unspecified atom stereocenters. The molecule has 1 aromatic heterocycles. The van der Waals surface area contributed by atoms with Gasteiger partial charge in [-0.15, -0.1) is 0 Å². The zero-order valence-electron chi connectivity index (χ0n) is 13.4. The van der Waals surface area contributed by atoms with E-state index in [9.17, 15) is 4.79 Å². The van der Waals surface area contributed by atoms with E-state index in [1.807, 2.05) is 19.9 Å². The number of pyridine rings is 1. The van der Waals surface area contributed by atoms with Crippen molar-refractivity contribution in [3.05, 3.63) is 59.7 Å². The second-order valence-corrected chi connectivity index (χ2v) is 5.36. The molecule has 0 amide bonds. The summed E-state index contributed by atoms with van der Waals surface area (Å²) in [6, 6.07) is 14.4. The number of hydrogen-bond donors (Lipinski definition) is 0. The third kappa shape index (κ3) is 4.07. The number of nitrogens with zero attached hydrogens (tertiary/aromatic N) is 3. The highest BCUT2D eigenvalue weighted by molar-refractivity contribution is 5.83. The molecule has 1 atom stereocenters. The molecule has 0 fully saturated rings. The SMILES string of the molecule is CC(C)N=c1ccccn1C(=O)[C@H](C)Oc1ccccc1C#N. The summed E-state index contributed by atoms with van der Waals surface area (Å²) >= 11 is 0. The van der Waals surface area contributed by atoms with Gasteiger partial charge in [-0.1, -0.05) is 18.2 Å². The van der Waals surface area contributed by atoms with Gasteiger partial charge in [0.05, 0.1) is 5.56 Å². The Kier molecular flexibility index (Phi) is 5.32. The first-order valence-electron chi connectivity index (χ1n) is 7.44. The van der Waals surface area contributed by atoms with Gasteiger partial charge < -0.3 is 4.74 Å². The molecule has 23 heavy (non-hydrogen) atoms. The van der Waals surface area contributed by atoms with Gasteiger partial charge in [-0.25, -0.2) is 0 Å². The van der Waals surface area contributed by atoms with Crippen LogP contribution in [0.2, 0.25) is 0 Å². The van der Waals surface area contributed by atoms with Crippen LogP contribution in [0.25, 0.3) is 0 Å². The average molecular weight is 309 g/mol. The normalized spacial score (nSPS) is 12.7.